The van der Waals surface area contributed by atoms with Crippen LogP contribution in [0.1, 0.15) is 36.1 Å². The third kappa shape index (κ3) is 9.41. The molecule has 220 valence electrons. The Balaban J connectivity index is 1.78. The van der Waals surface area contributed by atoms with Crippen molar-refractivity contribution in [2.24, 2.45) is 16.6 Å². The molecule has 0 aliphatic rings. The average Bonchev–Trinajstić information content (AvgIpc) is 2.95. The molecular formula is C31H40N4O5S. The molecule has 41 heavy (non-hydrogen) atoms. The number of sulfonamides is 1. The summed E-state index contributed by atoms with van der Waals surface area (Å²) in [5, 5.41) is 14.1. The highest BCUT2D eigenvalue weighted by Gasteiger charge is 2.31. The van der Waals surface area contributed by atoms with E-state index in [0.717, 1.165) is 16.7 Å². The number of alkyl carbamates (subject to hydrolysis) is 1. The van der Waals surface area contributed by atoms with Gasteiger partial charge in [0.15, 0.2) is 0 Å². The number of aliphatic hydroxyl groups excluding tert-OH is 1. The number of hydrogen-bond acceptors (Lipinski definition) is 6. The molecule has 9 nitrogen and oxygen atoms in total. The summed E-state index contributed by atoms with van der Waals surface area (Å²) in [5.41, 5.74) is 9.14. The van der Waals surface area contributed by atoms with Crippen LogP contribution in [-0.4, -0.2) is 62.0 Å². The van der Waals surface area contributed by atoms with E-state index in [2.05, 4.69) is 10.3 Å². The third-order valence-electron chi connectivity index (χ3n) is 6.52. The number of benzene rings is 3. The fraction of sp³-hybridized carbons (Fsp3) is 0.355. The Labute approximate surface area is 243 Å². The number of aryl methyl sites for hydroxylation is 1. The van der Waals surface area contributed by atoms with Crippen LogP contribution in [0.5, 0.6) is 0 Å². The molecule has 3 rings (SSSR count). The van der Waals surface area contributed by atoms with E-state index in [4.69, 9.17) is 10.5 Å². The number of aliphatic hydroxyl groups is 1. The number of amides is 1. The van der Waals surface area contributed by atoms with Crippen LogP contribution in [-0.2, 0) is 27.8 Å². The number of carbonyl (C=O) groups excluding carboxylic acids is 1. The van der Waals surface area contributed by atoms with Crippen LogP contribution in [0.15, 0.2) is 88.8 Å². The molecule has 0 aromatic heterocycles. The minimum Gasteiger partial charge on any atom is -0.445 e. The summed E-state index contributed by atoms with van der Waals surface area (Å²) in [7, 11) is -2.30. The van der Waals surface area contributed by atoms with Crippen molar-refractivity contribution in [1.29, 1.82) is 0 Å². The number of amidine groups is 1. The Morgan fingerprint density at radius 2 is 1.66 bits per heavy atom. The number of hydrogen-bond donors (Lipinski definition) is 3. The highest BCUT2D eigenvalue weighted by molar-refractivity contribution is 7.89. The van der Waals surface area contributed by atoms with Crippen LogP contribution in [0.2, 0.25) is 0 Å². The maximum Gasteiger partial charge on any atom is 0.407 e. The first kappa shape index (κ1) is 31.8. The molecule has 2 atom stereocenters. The third-order valence-corrected chi connectivity index (χ3v) is 8.36. The fourth-order valence-electron chi connectivity index (χ4n) is 4.32. The second kappa shape index (κ2) is 14.8. The number of nitrogens with one attached hydrogen (secondary N) is 1. The van der Waals surface area contributed by atoms with Gasteiger partial charge in [-0.25, -0.2) is 13.2 Å². The van der Waals surface area contributed by atoms with E-state index < -0.39 is 28.3 Å². The number of aliphatic imine (C=N–C) groups is 1. The lowest BCUT2D eigenvalue weighted by molar-refractivity contribution is 0.0873. The molecule has 0 saturated carbocycles. The van der Waals surface area contributed by atoms with E-state index in [1.54, 1.807) is 49.5 Å². The quantitative estimate of drug-likeness (QED) is 0.208. The minimum atomic E-state index is -3.89. The number of nitrogens with zero attached hydrogens (tertiary/aromatic N) is 2. The molecule has 0 aliphatic carbocycles. The van der Waals surface area contributed by atoms with Gasteiger partial charge >= 0.3 is 6.09 Å². The SMILES string of the molecule is CN=C(N)c1cccc(COC(=O)N[C@@H](Cc2ccccc2)[C@H](O)CN(CC(C)C)S(=O)(=O)c2ccc(C)cc2)c1. The monoisotopic (exact) mass is 580 g/mol. The second-order valence-corrected chi connectivity index (χ2v) is 12.4. The van der Waals surface area contributed by atoms with Gasteiger partial charge in [-0.2, -0.15) is 4.31 Å². The van der Waals surface area contributed by atoms with Crippen molar-refractivity contribution in [3.63, 3.8) is 0 Å². The Morgan fingerprint density at radius 1 is 1.00 bits per heavy atom. The van der Waals surface area contributed by atoms with Crippen LogP contribution in [0.4, 0.5) is 4.79 Å². The van der Waals surface area contributed by atoms with Gasteiger partial charge in [-0.05, 0) is 48.6 Å². The topological polar surface area (TPSA) is 134 Å². The van der Waals surface area contributed by atoms with Crippen LogP contribution >= 0.6 is 0 Å². The molecule has 3 aromatic rings. The van der Waals surface area contributed by atoms with Crippen LogP contribution in [0.3, 0.4) is 0 Å². The second-order valence-electron chi connectivity index (χ2n) is 10.4. The van der Waals surface area contributed by atoms with E-state index in [1.807, 2.05) is 57.2 Å². The van der Waals surface area contributed by atoms with E-state index in [9.17, 15) is 18.3 Å². The molecule has 10 heteroatoms. The lowest BCUT2D eigenvalue weighted by Crippen LogP contribution is -2.51. The predicted octanol–water partition coefficient (Wildman–Crippen LogP) is 3.88. The smallest absolute Gasteiger partial charge is 0.407 e. The van der Waals surface area contributed by atoms with Crippen molar-refractivity contribution in [3.8, 4) is 0 Å². The van der Waals surface area contributed by atoms with E-state index in [0.29, 0.717) is 11.4 Å². The van der Waals surface area contributed by atoms with Gasteiger partial charge < -0.3 is 20.9 Å². The average molecular weight is 581 g/mol. The van der Waals surface area contributed by atoms with Crippen LogP contribution in [0.25, 0.3) is 0 Å². The normalized spacial score (nSPS) is 13.7. The molecule has 3 aromatic carbocycles. The molecule has 0 heterocycles. The molecular weight excluding hydrogens is 540 g/mol. The van der Waals surface area contributed by atoms with Gasteiger partial charge in [0.1, 0.15) is 12.4 Å². The van der Waals surface area contributed by atoms with Gasteiger partial charge in [-0.3, -0.25) is 4.99 Å². The van der Waals surface area contributed by atoms with Gasteiger partial charge in [0.25, 0.3) is 0 Å². The largest absolute Gasteiger partial charge is 0.445 e. The molecule has 0 spiro atoms. The highest BCUT2D eigenvalue weighted by Crippen LogP contribution is 2.20. The summed E-state index contributed by atoms with van der Waals surface area (Å²) in [5.74, 6) is 0.379. The van der Waals surface area contributed by atoms with Crippen molar-refractivity contribution in [1.82, 2.24) is 9.62 Å². The molecule has 0 radical (unpaired) electrons. The molecule has 4 N–H and O–H groups in total. The first-order valence-electron chi connectivity index (χ1n) is 13.5. The maximum absolute atomic E-state index is 13.6. The number of rotatable bonds is 13. The summed E-state index contributed by atoms with van der Waals surface area (Å²) < 4.78 is 33.9. The van der Waals surface area contributed by atoms with Crippen LogP contribution in [0, 0.1) is 12.8 Å². The summed E-state index contributed by atoms with van der Waals surface area (Å²) in [4.78, 5) is 17.0. The molecule has 0 saturated heterocycles. The lowest BCUT2D eigenvalue weighted by atomic mass is 10.0. The fourth-order valence-corrected chi connectivity index (χ4v) is 5.94. The molecule has 0 fully saturated rings. The first-order valence-corrected chi connectivity index (χ1v) is 15.0. The van der Waals surface area contributed by atoms with Gasteiger partial charge in [0, 0.05) is 25.7 Å². The van der Waals surface area contributed by atoms with Crippen molar-refractivity contribution in [2.45, 2.75) is 50.8 Å². The van der Waals surface area contributed by atoms with E-state index in [1.165, 1.54) is 4.31 Å². The van der Waals surface area contributed by atoms with Crippen molar-refractivity contribution >= 4 is 22.0 Å². The highest BCUT2D eigenvalue weighted by atomic mass is 32.2. The Hall–Kier alpha value is -3.73. The number of ether oxygens (including phenoxy) is 1. The first-order chi connectivity index (χ1) is 19.5. The van der Waals surface area contributed by atoms with Gasteiger partial charge in [-0.15, -0.1) is 0 Å². The van der Waals surface area contributed by atoms with Gasteiger partial charge in [0.05, 0.1) is 17.0 Å². The van der Waals surface area contributed by atoms with Crippen LogP contribution < -0.4 is 11.1 Å². The Bertz CT molecular complexity index is 1410. The molecule has 0 aliphatic heterocycles. The maximum atomic E-state index is 13.6. The standard InChI is InChI=1S/C31H40N4O5S/c1-22(2)19-35(41(38,39)27-15-13-23(3)14-16-27)20-29(36)28(18-24-9-6-5-7-10-24)34-31(37)40-21-25-11-8-12-26(17-25)30(32)33-4/h5-17,22,28-29,36H,18-21H2,1-4H3,(H2,32,33)(H,34,37)/t28-,29+/m0/s1. The summed E-state index contributed by atoms with van der Waals surface area (Å²) in [6.45, 7) is 5.69. The predicted molar refractivity (Wildman–Crippen MR) is 161 cm³/mol. The molecule has 0 bridgehead atoms. The van der Waals surface area contributed by atoms with Crippen molar-refractivity contribution in [2.75, 3.05) is 20.1 Å². The minimum absolute atomic E-state index is 0.00970. The zero-order valence-electron chi connectivity index (χ0n) is 24.0. The summed E-state index contributed by atoms with van der Waals surface area (Å²) >= 11 is 0. The Kier molecular flexibility index (Phi) is 11.5. The number of nitrogens with two attached hydrogens (primary N) is 1. The summed E-state index contributed by atoms with van der Waals surface area (Å²) in [6.07, 6.45) is -1.68. The number of carbonyl (C=O) groups is 1. The lowest BCUT2D eigenvalue weighted by Gasteiger charge is -2.30. The zero-order chi connectivity index (χ0) is 30.0. The summed E-state index contributed by atoms with van der Waals surface area (Å²) in [6, 6.07) is 22.4. The van der Waals surface area contributed by atoms with Gasteiger partial charge in [-0.1, -0.05) is 80.1 Å². The van der Waals surface area contributed by atoms with Crippen molar-refractivity contribution in [3.05, 3.63) is 101 Å². The molecule has 1 amide bonds. The zero-order valence-corrected chi connectivity index (χ0v) is 24.8. The molecule has 0 unspecified atom stereocenters. The van der Waals surface area contributed by atoms with E-state index in [-0.39, 0.29) is 36.9 Å². The van der Waals surface area contributed by atoms with E-state index >= 15 is 0 Å². The Morgan fingerprint density at radius 3 is 2.29 bits per heavy atom. The van der Waals surface area contributed by atoms with Crippen molar-refractivity contribution < 1.29 is 23.1 Å². The van der Waals surface area contributed by atoms with Gasteiger partial charge in [0.2, 0.25) is 10.0 Å².